The molecule has 1 aromatic heterocycles. The number of carbonyl (C=O) groups excluding carboxylic acids is 1. The SMILES string of the molecule is COc1cc(/C=N\NC(=O)c2ccncc2)ccc1OCc1cccc2ccccc12. The number of pyridine rings is 1. The van der Waals surface area contributed by atoms with E-state index in [0.29, 0.717) is 23.7 Å². The molecule has 31 heavy (non-hydrogen) atoms. The Kier molecular flexibility index (Phi) is 6.18. The number of nitrogens with zero attached hydrogens (tertiary/aromatic N) is 2. The number of aromatic nitrogens is 1. The number of methoxy groups -OCH3 is 1. The Morgan fingerprint density at radius 2 is 1.81 bits per heavy atom. The van der Waals surface area contributed by atoms with E-state index in [9.17, 15) is 4.79 Å². The Morgan fingerprint density at radius 1 is 1.00 bits per heavy atom. The summed E-state index contributed by atoms with van der Waals surface area (Å²) in [5.74, 6) is 0.915. The van der Waals surface area contributed by atoms with Crippen LogP contribution >= 0.6 is 0 Å². The number of nitrogens with one attached hydrogen (secondary N) is 1. The van der Waals surface area contributed by atoms with Gasteiger partial charge in [-0.1, -0.05) is 42.5 Å². The maximum atomic E-state index is 12.0. The van der Waals surface area contributed by atoms with Gasteiger partial charge in [-0.25, -0.2) is 5.43 Å². The van der Waals surface area contributed by atoms with Gasteiger partial charge in [0.25, 0.3) is 5.91 Å². The molecule has 0 aliphatic heterocycles. The first kappa shape index (κ1) is 20.1. The summed E-state index contributed by atoms with van der Waals surface area (Å²) in [5, 5.41) is 6.35. The lowest BCUT2D eigenvalue weighted by atomic mass is 10.1. The monoisotopic (exact) mass is 411 g/mol. The van der Waals surface area contributed by atoms with Crippen LogP contribution in [0.5, 0.6) is 11.5 Å². The minimum atomic E-state index is -0.305. The lowest BCUT2D eigenvalue weighted by Crippen LogP contribution is -2.17. The van der Waals surface area contributed by atoms with Crippen molar-refractivity contribution in [3.63, 3.8) is 0 Å². The minimum Gasteiger partial charge on any atom is -0.493 e. The predicted molar refractivity (Wildman–Crippen MR) is 121 cm³/mol. The molecule has 0 radical (unpaired) electrons. The maximum absolute atomic E-state index is 12.0. The Labute approximate surface area is 180 Å². The third-order valence-corrected chi connectivity index (χ3v) is 4.77. The second-order valence-electron chi connectivity index (χ2n) is 6.77. The fourth-order valence-electron chi connectivity index (χ4n) is 3.19. The number of amides is 1. The highest BCUT2D eigenvalue weighted by atomic mass is 16.5. The largest absolute Gasteiger partial charge is 0.493 e. The highest BCUT2D eigenvalue weighted by molar-refractivity contribution is 5.94. The molecule has 1 N–H and O–H groups in total. The highest BCUT2D eigenvalue weighted by Gasteiger charge is 2.08. The lowest BCUT2D eigenvalue weighted by molar-refractivity contribution is 0.0955. The first-order valence-corrected chi connectivity index (χ1v) is 9.75. The van der Waals surface area contributed by atoms with E-state index in [1.165, 1.54) is 5.39 Å². The molecule has 1 amide bonds. The quantitative estimate of drug-likeness (QED) is 0.357. The standard InChI is InChI=1S/C25H21N3O3/c1-30-24-15-18(16-27-28-25(29)20-11-13-26-14-12-20)9-10-23(24)31-17-21-7-4-6-19-5-2-3-8-22(19)21/h2-16H,17H2,1H3,(H,28,29)/b27-16-. The van der Waals surface area contributed by atoms with Gasteiger partial charge in [0.1, 0.15) is 6.61 Å². The number of carbonyl (C=O) groups is 1. The second-order valence-corrected chi connectivity index (χ2v) is 6.77. The molecule has 0 bridgehead atoms. The van der Waals surface area contributed by atoms with Crippen molar-refractivity contribution >= 4 is 22.9 Å². The van der Waals surface area contributed by atoms with E-state index in [0.717, 1.165) is 16.5 Å². The normalized spacial score (nSPS) is 10.9. The van der Waals surface area contributed by atoms with Crippen LogP contribution in [-0.2, 0) is 6.61 Å². The molecule has 0 spiro atoms. The number of rotatable bonds is 7. The summed E-state index contributed by atoms with van der Waals surface area (Å²) in [6.07, 6.45) is 4.66. The van der Waals surface area contributed by atoms with Crippen molar-refractivity contribution in [1.29, 1.82) is 0 Å². The molecule has 6 nitrogen and oxygen atoms in total. The minimum absolute atomic E-state index is 0.305. The van der Waals surface area contributed by atoms with E-state index >= 15 is 0 Å². The Balaban J connectivity index is 1.43. The third-order valence-electron chi connectivity index (χ3n) is 4.77. The van der Waals surface area contributed by atoms with Crippen molar-refractivity contribution in [3.8, 4) is 11.5 Å². The van der Waals surface area contributed by atoms with E-state index in [1.807, 2.05) is 30.3 Å². The van der Waals surface area contributed by atoms with Crippen LogP contribution in [-0.4, -0.2) is 24.2 Å². The smallest absolute Gasteiger partial charge is 0.271 e. The first-order chi connectivity index (χ1) is 15.2. The van der Waals surface area contributed by atoms with Crippen LogP contribution in [0.3, 0.4) is 0 Å². The molecule has 4 rings (SSSR count). The van der Waals surface area contributed by atoms with Gasteiger partial charge in [0.15, 0.2) is 11.5 Å². The zero-order valence-electron chi connectivity index (χ0n) is 17.0. The number of fused-ring (bicyclic) bond motifs is 1. The number of hydrogen-bond donors (Lipinski definition) is 1. The van der Waals surface area contributed by atoms with Crippen molar-refractivity contribution in [2.75, 3.05) is 7.11 Å². The molecule has 154 valence electrons. The molecule has 0 saturated carbocycles. The number of benzene rings is 3. The van der Waals surface area contributed by atoms with Crippen molar-refractivity contribution in [3.05, 3.63) is 102 Å². The molecule has 6 heteroatoms. The van der Waals surface area contributed by atoms with E-state index in [-0.39, 0.29) is 5.91 Å². The van der Waals surface area contributed by atoms with Crippen molar-refractivity contribution in [1.82, 2.24) is 10.4 Å². The van der Waals surface area contributed by atoms with Crippen LogP contribution in [0.15, 0.2) is 90.3 Å². The van der Waals surface area contributed by atoms with E-state index < -0.39 is 0 Å². The highest BCUT2D eigenvalue weighted by Crippen LogP contribution is 2.29. The predicted octanol–water partition coefficient (Wildman–Crippen LogP) is 4.59. The molecule has 4 aromatic rings. The Hall–Kier alpha value is -4.19. The summed E-state index contributed by atoms with van der Waals surface area (Å²) >= 11 is 0. The summed E-state index contributed by atoms with van der Waals surface area (Å²) in [6.45, 7) is 0.424. The molecule has 3 aromatic carbocycles. The average Bonchev–Trinajstić information content (AvgIpc) is 2.83. The van der Waals surface area contributed by atoms with Crippen molar-refractivity contribution < 1.29 is 14.3 Å². The molecule has 0 saturated heterocycles. The number of ether oxygens (including phenoxy) is 2. The van der Waals surface area contributed by atoms with Gasteiger partial charge in [-0.05, 0) is 52.2 Å². The van der Waals surface area contributed by atoms with Gasteiger partial charge in [-0.15, -0.1) is 0 Å². The Morgan fingerprint density at radius 3 is 2.65 bits per heavy atom. The van der Waals surface area contributed by atoms with Crippen LogP contribution in [0, 0.1) is 0 Å². The molecular weight excluding hydrogens is 390 g/mol. The second kappa shape index (κ2) is 9.54. The summed E-state index contributed by atoms with van der Waals surface area (Å²) in [6, 6.07) is 23.1. The van der Waals surface area contributed by atoms with Gasteiger partial charge in [-0.3, -0.25) is 9.78 Å². The topological polar surface area (TPSA) is 72.8 Å². The van der Waals surface area contributed by atoms with Crippen LogP contribution in [0.2, 0.25) is 0 Å². The molecular formula is C25H21N3O3. The fourth-order valence-corrected chi connectivity index (χ4v) is 3.19. The van der Waals surface area contributed by atoms with Crippen LogP contribution in [0.1, 0.15) is 21.5 Å². The summed E-state index contributed by atoms with van der Waals surface area (Å²) in [4.78, 5) is 15.9. The molecule has 0 aliphatic rings. The van der Waals surface area contributed by atoms with Gasteiger partial charge < -0.3 is 9.47 Å². The Bertz CT molecular complexity index is 1220. The van der Waals surface area contributed by atoms with Crippen molar-refractivity contribution in [2.24, 2.45) is 5.10 Å². The lowest BCUT2D eigenvalue weighted by Gasteiger charge is -2.12. The molecule has 0 atom stereocenters. The van der Waals surface area contributed by atoms with Crippen LogP contribution in [0.4, 0.5) is 0 Å². The average molecular weight is 411 g/mol. The van der Waals surface area contributed by atoms with Crippen LogP contribution < -0.4 is 14.9 Å². The molecule has 0 aliphatic carbocycles. The molecule has 0 fully saturated rings. The molecule has 1 heterocycles. The summed E-state index contributed by atoms with van der Waals surface area (Å²) in [5.41, 5.74) is 4.85. The van der Waals surface area contributed by atoms with Gasteiger partial charge in [-0.2, -0.15) is 5.10 Å². The maximum Gasteiger partial charge on any atom is 0.271 e. The van der Waals surface area contributed by atoms with Crippen LogP contribution in [0.25, 0.3) is 10.8 Å². The fraction of sp³-hybridized carbons (Fsp3) is 0.0800. The first-order valence-electron chi connectivity index (χ1n) is 9.75. The molecule has 0 unspecified atom stereocenters. The van der Waals surface area contributed by atoms with E-state index in [2.05, 4.69) is 39.8 Å². The zero-order chi connectivity index (χ0) is 21.5. The van der Waals surface area contributed by atoms with E-state index in [1.54, 1.807) is 43.9 Å². The summed E-state index contributed by atoms with van der Waals surface area (Å²) < 4.78 is 11.5. The number of hydrazone groups is 1. The van der Waals surface area contributed by atoms with E-state index in [4.69, 9.17) is 9.47 Å². The number of hydrogen-bond acceptors (Lipinski definition) is 5. The van der Waals surface area contributed by atoms with Gasteiger partial charge >= 0.3 is 0 Å². The van der Waals surface area contributed by atoms with Gasteiger partial charge in [0, 0.05) is 18.0 Å². The van der Waals surface area contributed by atoms with Gasteiger partial charge in [0.2, 0.25) is 0 Å². The zero-order valence-corrected chi connectivity index (χ0v) is 17.0. The summed E-state index contributed by atoms with van der Waals surface area (Å²) in [7, 11) is 1.59. The van der Waals surface area contributed by atoms with Gasteiger partial charge in [0.05, 0.1) is 13.3 Å². The third kappa shape index (κ3) is 4.87. The van der Waals surface area contributed by atoms with Crippen molar-refractivity contribution in [2.45, 2.75) is 6.61 Å².